The quantitative estimate of drug-likeness (QED) is 0.762. The second-order valence-electron chi connectivity index (χ2n) is 4.04. The zero-order valence-corrected chi connectivity index (χ0v) is 10.4. The van der Waals surface area contributed by atoms with Crippen molar-refractivity contribution in [2.24, 2.45) is 7.05 Å². The maximum absolute atomic E-state index is 11.6. The molecule has 1 aromatic rings. The standard InChI is InChI=1S/C12H18N2O3/c1-9(2)17-7-5-13-12(16)10-4-6-14(3)11(15)8-10/h4,6,8-9H,5,7H2,1-3H3,(H,13,16). The van der Waals surface area contributed by atoms with E-state index in [0.717, 1.165) is 0 Å². The predicted octanol–water partition coefficient (Wildman–Crippen LogP) is 0.540. The lowest BCUT2D eigenvalue weighted by Crippen LogP contribution is -2.29. The van der Waals surface area contributed by atoms with Crippen LogP contribution in [-0.2, 0) is 11.8 Å². The molecule has 1 amide bonds. The lowest BCUT2D eigenvalue weighted by molar-refractivity contribution is 0.0746. The van der Waals surface area contributed by atoms with E-state index in [-0.39, 0.29) is 17.6 Å². The number of pyridine rings is 1. The second-order valence-corrected chi connectivity index (χ2v) is 4.04. The van der Waals surface area contributed by atoms with E-state index in [1.807, 2.05) is 13.8 Å². The van der Waals surface area contributed by atoms with Gasteiger partial charge in [-0.1, -0.05) is 0 Å². The molecule has 0 spiro atoms. The number of ether oxygens (including phenoxy) is 1. The predicted molar refractivity (Wildman–Crippen MR) is 65.1 cm³/mol. The highest BCUT2D eigenvalue weighted by molar-refractivity contribution is 5.93. The summed E-state index contributed by atoms with van der Waals surface area (Å²) in [5.41, 5.74) is 0.175. The minimum atomic E-state index is -0.255. The van der Waals surface area contributed by atoms with Crippen molar-refractivity contribution in [2.45, 2.75) is 20.0 Å². The van der Waals surface area contributed by atoms with Gasteiger partial charge in [0.1, 0.15) is 0 Å². The summed E-state index contributed by atoms with van der Waals surface area (Å²) in [6.07, 6.45) is 1.72. The zero-order chi connectivity index (χ0) is 12.8. The van der Waals surface area contributed by atoms with E-state index in [2.05, 4.69) is 5.32 Å². The van der Waals surface area contributed by atoms with Crippen LogP contribution in [0.3, 0.4) is 0 Å². The smallest absolute Gasteiger partial charge is 0.251 e. The highest BCUT2D eigenvalue weighted by atomic mass is 16.5. The molecular formula is C12H18N2O3. The van der Waals surface area contributed by atoms with Crippen LogP contribution in [0.25, 0.3) is 0 Å². The van der Waals surface area contributed by atoms with Crippen molar-refractivity contribution < 1.29 is 9.53 Å². The fraction of sp³-hybridized carbons (Fsp3) is 0.500. The minimum Gasteiger partial charge on any atom is -0.377 e. The summed E-state index contributed by atoms with van der Waals surface area (Å²) in [5.74, 6) is -0.255. The maximum Gasteiger partial charge on any atom is 0.251 e. The zero-order valence-electron chi connectivity index (χ0n) is 10.4. The van der Waals surface area contributed by atoms with Gasteiger partial charge < -0.3 is 14.6 Å². The molecule has 1 rings (SSSR count). The molecule has 0 aliphatic heterocycles. The number of nitrogens with zero attached hydrogens (tertiary/aromatic N) is 1. The summed E-state index contributed by atoms with van der Waals surface area (Å²) in [4.78, 5) is 23.0. The van der Waals surface area contributed by atoms with Crippen LogP contribution in [0.4, 0.5) is 0 Å². The van der Waals surface area contributed by atoms with Crippen LogP contribution < -0.4 is 10.9 Å². The molecule has 0 aliphatic rings. The molecule has 0 aliphatic carbocycles. The van der Waals surface area contributed by atoms with Crippen LogP contribution in [0.1, 0.15) is 24.2 Å². The minimum absolute atomic E-state index is 0.149. The molecule has 5 heteroatoms. The van der Waals surface area contributed by atoms with E-state index < -0.39 is 0 Å². The Balaban J connectivity index is 2.47. The van der Waals surface area contributed by atoms with E-state index in [4.69, 9.17) is 4.74 Å². The summed E-state index contributed by atoms with van der Waals surface area (Å²) in [6.45, 7) is 4.77. The Bertz CT molecular complexity index is 438. The van der Waals surface area contributed by atoms with E-state index in [9.17, 15) is 9.59 Å². The third kappa shape index (κ3) is 4.40. The Morgan fingerprint density at radius 2 is 2.24 bits per heavy atom. The summed E-state index contributed by atoms with van der Waals surface area (Å²) in [7, 11) is 1.64. The number of aromatic nitrogens is 1. The summed E-state index contributed by atoms with van der Waals surface area (Å²) >= 11 is 0. The molecule has 0 radical (unpaired) electrons. The van der Waals surface area contributed by atoms with Crippen molar-refractivity contribution in [2.75, 3.05) is 13.2 Å². The van der Waals surface area contributed by atoms with Gasteiger partial charge in [-0.2, -0.15) is 0 Å². The number of carbonyl (C=O) groups is 1. The van der Waals surface area contributed by atoms with Gasteiger partial charge in [-0.15, -0.1) is 0 Å². The van der Waals surface area contributed by atoms with Crippen LogP contribution >= 0.6 is 0 Å². The van der Waals surface area contributed by atoms with Crippen LogP contribution in [0.2, 0.25) is 0 Å². The van der Waals surface area contributed by atoms with Gasteiger partial charge in [-0.05, 0) is 19.9 Å². The summed E-state index contributed by atoms with van der Waals surface area (Å²) in [5, 5.41) is 2.69. The van der Waals surface area contributed by atoms with Gasteiger partial charge in [0.15, 0.2) is 0 Å². The first kappa shape index (κ1) is 13.4. The third-order valence-electron chi connectivity index (χ3n) is 2.21. The molecule has 17 heavy (non-hydrogen) atoms. The molecular weight excluding hydrogens is 220 g/mol. The lowest BCUT2D eigenvalue weighted by atomic mass is 10.2. The molecule has 1 heterocycles. The summed E-state index contributed by atoms with van der Waals surface area (Å²) in [6, 6.07) is 2.93. The number of nitrogens with one attached hydrogen (secondary N) is 1. The molecule has 0 aromatic carbocycles. The Morgan fingerprint density at radius 1 is 1.53 bits per heavy atom. The monoisotopic (exact) mass is 238 g/mol. The first-order chi connectivity index (χ1) is 8.00. The molecule has 0 saturated heterocycles. The molecule has 0 fully saturated rings. The van der Waals surface area contributed by atoms with Crippen LogP contribution in [0, 0.1) is 0 Å². The van der Waals surface area contributed by atoms with Crippen molar-refractivity contribution in [3.8, 4) is 0 Å². The topological polar surface area (TPSA) is 60.3 Å². The van der Waals surface area contributed by atoms with Gasteiger partial charge in [-0.25, -0.2) is 0 Å². The van der Waals surface area contributed by atoms with Gasteiger partial charge in [0, 0.05) is 31.4 Å². The maximum atomic E-state index is 11.6. The molecule has 94 valence electrons. The van der Waals surface area contributed by atoms with Crippen molar-refractivity contribution >= 4 is 5.91 Å². The largest absolute Gasteiger partial charge is 0.377 e. The number of hydrogen-bond acceptors (Lipinski definition) is 3. The third-order valence-corrected chi connectivity index (χ3v) is 2.21. The highest BCUT2D eigenvalue weighted by Crippen LogP contribution is 1.94. The Kier molecular flexibility index (Phi) is 4.90. The normalized spacial score (nSPS) is 10.6. The van der Waals surface area contributed by atoms with E-state index in [1.54, 1.807) is 19.3 Å². The first-order valence-corrected chi connectivity index (χ1v) is 5.57. The van der Waals surface area contributed by atoms with Crippen LogP contribution in [-0.4, -0.2) is 29.7 Å². The van der Waals surface area contributed by atoms with Gasteiger partial charge in [0.2, 0.25) is 0 Å². The number of aryl methyl sites for hydroxylation is 1. The average molecular weight is 238 g/mol. The first-order valence-electron chi connectivity index (χ1n) is 5.57. The molecule has 0 bridgehead atoms. The van der Waals surface area contributed by atoms with Gasteiger partial charge in [-0.3, -0.25) is 9.59 Å². The number of hydrogen-bond donors (Lipinski definition) is 1. The Morgan fingerprint density at radius 3 is 2.82 bits per heavy atom. The van der Waals surface area contributed by atoms with E-state index >= 15 is 0 Å². The van der Waals surface area contributed by atoms with Crippen molar-refractivity contribution in [1.29, 1.82) is 0 Å². The fourth-order valence-electron chi connectivity index (χ4n) is 1.25. The average Bonchev–Trinajstić information content (AvgIpc) is 2.27. The van der Waals surface area contributed by atoms with Crippen molar-refractivity contribution in [3.63, 3.8) is 0 Å². The number of carbonyl (C=O) groups excluding carboxylic acids is 1. The molecule has 1 aromatic heterocycles. The highest BCUT2D eigenvalue weighted by Gasteiger charge is 2.05. The van der Waals surface area contributed by atoms with Gasteiger partial charge >= 0.3 is 0 Å². The molecule has 0 saturated carbocycles. The summed E-state index contributed by atoms with van der Waals surface area (Å²) < 4.78 is 6.71. The van der Waals surface area contributed by atoms with Crippen LogP contribution in [0.15, 0.2) is 23.1 Å². The van der Waals surface area contributed by atoms with Crippen LogP contribution in [0.5, 0.6) is 0 Å². The molecule has 1 N–H and O–H groups in total. The van der Waals surface area contributed by atoms with Crippen molar-refractivity contribution in [1.82, 2.24) is 9.88 Å². The number of rotatable bonds is 5. The molecule has 5 nitrogen and oxygen atoms in total. The van der Waals surface area contributed by atoms with Gasteiger partial charge in [0.25, 0.3) is 11.5 Å². The van der Waals surface area contributed by atoms with E-state index in [0.29, 0.717) is 18.7 Å². The lowest BCUT2D eigenvalue weighted by Gasteiger charge is -2.08. The second kappa shape index (κ2) is 6.20. The molecule has 0 atom stereocenters. The van der Waals surface area contributed by atoms with Gasteiger partial charge in [0.05, 0.1) is 12.7 Å². The SMILES string of the molecule is CC(C)OCCNC(=O)c1ccn(C)c(=O)c1. The van der Waals surface area contributed by atoms with E-state index in [1.165, 1.54) is 10.6 Å². The Labute approximate surface area is 100 Å². The molecule has 0 unspecified atom stereocenters. The number of amides is 1. The van der Waals surface area contributed by atoms with Crippen molar-refractivity contribution in [3.05, 3.63) is 34.2 Å². The fourth-order valence-corrected chi connectivity index (χ4v) is 1.25. The Hall–Kier alpha value is -1.62.